The number of aliphatic hydroxyl groups excluding tert-OH is 1. The van der Waals surface area contributed by atoms with E-state index in [1.807, 2.05) is 0 Å². The van der Waals surface area contributed by atoms with Crippen molar-refractivity contribution in [2.75, 3.05) is 14.2 Å². The minimum atomic E-state index is -0.769. The first kappa shape index (κ1) is 13.5. The molecule has 56 valence electrons. The van der Waals surface area contributed by atoms with Gasteiger partial charge in [-0.1, -0.05) is 0 Å². The molecule has 1 N–H and O–H groups in total. The number of ether oxygens (including phenoxy) is 2. The van der Waals surface area contributed by atoms with Gasteiger partial charge in [0.25, 0.3) is 0 Å². The fourth-order valence-electron chi connectivity index (χ4n) is 0.493. The fraction of sp³-hybridized carbons (Fsp3) is 0.500. The largest absolute Gasteiger partial charge is 1.00 e. The van der Waals surface area contributed by atoms with Crippen molar-refractivity contribution < 1.29 is 44.1 Å². The molecule has 0 aliphatic rings. The average Bonchev–Trinajstić information content (AvgIpc) is 2.00. The van der Waals surface area contributed by atoms with Crippen molar-refractivity contribution in [1.82, 2.24) is 0 Å². The van der Waals surface area contributed by atoms with Gasteiger partial charge in [-0.25, -0.2) is 0 Å². The quantitative estimate of drug-likeness (QED) is 0.219. The third-order valence-corrected chi connectivity index (χ3v) is 0.950. The number of rotatable bonds is 3. The second kappa shape index (κ2) is 8.05. The summed E-state index contributed by atoms with van der Waals surface area (Å²) >= 11 is 0. The van der Waals surface area contributed by atoms with Gasteiger partial charge < -0.3 is 14.6 Å². The number of aliphatic hydroxyl groups is 1. The van der Waals surface area contributed by atoms with Crippen LogP contribution in [-0.2, 0) is 9.47 Å². The maximum Gasteiger partial charge on any atom is 1.00 e. The summed E-state index contributed by atoms with van der Waals surface area (Å²) < 4.78 is 9.34. The van der Waals surface area contributed by atoms with E-state index in [9.17, 15) is 0 Å². The van der Waals surface area contributed by atoms with E-state index in [1.165, 1.54) is 14.2 Å². The summed E-state index contributed by atoms with van der Waals surface area (Å²) in [5.41, 5.74) is 0.0463. The first-order valence-electron chi connectivity index (χ1n) is 2.60. The van der Waals surface area contributed by atoms with E-state index >= 15 is 0 Å². The summed E-state index contributed by atoms with van der Waals surface area (Å²) in [6.07, 6.45) is -0.104. The molecule has 4 nitrogen and oxygen atoms in total. The molecular formula is C6H9NNaO3+. The van der Waals surface area contributed by atoms with Gasteiger partial charge in [-0.2, -0.15) is 5.26 Å². The van der Waals surface area contributed by atoms with E-state index in [-0.39, 0.29) is 35.1 Å². The van der Waals surface area contributed by atoms with Crippen LogP contribution in [0.1, 0.15) is 0 Å². The van der Waals surface area contributed by atoms with Crippen LogP contribution in [0.5, 0.6) is 0 Å². The van der Waals surface area contributed by atoms with E-state index in [0.717, 1.165) is 0 Å². The molecule has 0 spiro atoms. The summed E-state index contributed by atoms with van der Waals surface area (Å²) in [5, 5.41) is 16.7. The van der Waals surface area contributed by atoms with Crippen LogP contribution >= 0.6 is 0 Å². The third-order valence-electron chi connectivity index (χ3n) is 0.950. The van der Waals surface area contributed by atoms with Gasteiger partial charge in [-0.3, -0.25) is 0 Å². The average molecular weight is 166 g/mol. The molecule has 0 radical (unpaired) electrons. The zero-order chi connectivity index (χ0) is 7.98. The van der Waals surface area contributed by atoms with Gasteiger partial charge in [0, 0.05) is 14.2 Å². The molecule has 0 fully saturated rings. The molecule has 0 amide bonds. The molecule has 0 aromatic rings. The maximum absolute atomic E-state index is 8.41. The van der Waals surface area contributed by atoms with Gasteiger partial charge in [0.05, 0.1) is 6.26 Å². The van der Waals surface area contributed by atoms with E-state index in [0.29, 0.717) is 6.26 Å². The molecule has 0 atom stereocenters. The molecule has 5 heteroatoms. The molecule has 0 aliphatic heterocycles. The van der Waals surface area contributed by atoms with Crippen molar-refractivity contribution in [3.63, 3.8) is 0 Å². The molecule has 0 bridgehead atoms. The number of hydrogen-bond acceptors (Lipinski definition) is 4. The Kier molecular flexibility index (Phi) is 9.90. The number of nitriles is 1. The first-order chi connectivity index (χ1) is 4.79. The molecule has 11 heavy (non-hydrogen) atoms. The predicted molar refractivity (Wildman–Crippen MR) is 34.1 cm³/mol. The van der Waals surface area contributed by atoms with E-state index in [1.54, 1.807) is 6.07 Å². The third kappa shape index (κ3) is 4.40. The standard InChI is InChI=1S/C6H9NO3.Na/c1-9-6(10-2)5(3-7)4-8;/h4,6,8H,1-2H3;/q;+1. The Hall–Kier alpha value is -0.0500. The van der Waals surface area contributed by atoms with Crippen LogP contribution in [0.25, 0.3) is 0 Å². The SMILES string of the molecule is COC(OC)C(C#N)=CO.[Na+]. The Morgan fingerprint density at radius 2 is 2.00 bits per heavy atom. The Labute approximate surface area is 87.7 Å². The van der Waals surface area contributed by atoms with Crippen LogP contribution in [-0.4, -0.2) is 25.6 Å². The normalized spacial score (nSPS) is 10.5. The van der Waals surface area contributed by atoms with Crippen molar-refractivity contribution in [2.45, 2.75) is 6.29 Å². The Bertz CT molecular complexity index is 160. The van der Waals surface area contributed by atoms with Gasteiger partial charge in [0.15, 0.2) is 6.29 Å². The number of hydrogen-bond donors (Lipinski definition) is 1. The maximum atomic E-state index is 8.41. The van der Waals surface area contributed by atoms with Gasteiger partial charge in [0.2, 0.25) is 0 Å². The molecular weight excluding hydrogens is 157 g/mol. The van der Waals surface area contributed by atoms with Crippen molar-refractivity contribution in [1.29, 1.82) is 5.26 Å². The summed E-state index contributed by atoms with van der Waals surface area (Å²) in [6.45, 7) is 0. The van der Waals surface area contributed by atoms with Crippen LogP contribution < -0.4 is 29.6 Å². The molecule has 0 aromatic heterocycles. The van der Waals surface area contributed by atoms with Crippen LogP contribution in [0, 0.1) is 11.3 Å². The zero-order valence-corrected chi connectivity index (χ0v) is 8.87. The van der Waals surface area contributed by atoms with Gasteiger partial charge in [-0.05, 0) is 0 Å². The van der Waals surface area contributed by atoms with E-state index in [4.69, 9.17) is 10.4 Å². The Morgan fingerprint density at radius 1 is 1.55 bits per heavy atom. The van der Waals surface area contributed by atoms with Crippen LogP contribution in [0.4, 0.5) is 0 Å². The Balaban J connectivity index is 0. The monoisotopic (exact) mass is 166 g/mol. The van der Waals surface area contributed by atoms with Crippen LogP contribution in [0.15, 0.2) is 11.8 Å². The summed E-state index contributed by atoms with van der Waals surface area (Å²) in [7, 11) is 2.77. The minimum Gasteiger partial charge on any atom is -0.514 e. The summed E-state index contributed by atoms with van der Waals surface area (Å²) in [4.78, 5) is 0. The molecule has 0 aromatic carbocycles. The van der Waals surface area contributed by atoms with E-state index < -0.39 is 6.29 Å². The molecule has 0 saturated carbocycles. The molecule has 0 rings (SSSR count). The topological polar surface area (TPSA) is 62.5 Å². The second-order valence-corrected chi connectivity index (χ2v) is 1.50. The minimum absolute atomic E-state index is 0. The molecule has 0 heterocycles. The van der Waals surface area contributed by atoms with Crippen LogP contribution in [0.2, 0.25) is 0 Å². The van der Waals surface area contributed by atoms with Crippen molar-refractivity contribution in [3.05, 3.63) is 11.8 Å². The van der Waals surface area contributed by atoms with Crippen LogP contribution in [0.3, 0.4) is 0 Å². The van der Waals surface area contributed by atoms with Gasteiger partial charge in [0.1, 0.15) is 11.6 Å². The zero-order valence-electron chi connectivity index (χ0n) is 6.87. The smallest absolute Gasteiger partial charge is 0.514 e. The number of nitrogens with zero attached hydrogens (tertiary/aromatic N) is 1. The van der Waals surface area contributed by atoms with Gasteiger partial charge >= 0.3 is 29.6 Å². The summed E-state index contributed by atoms with van der Waals surface area (Å²) in [5.74, 6) is 0. The van der Waals surface area contributed by atoms with Crippen molar-refractivity contribution in [3.8, 4) is 6.07 Å². The first-order valence-corrected chi connectivity index (χ1v) is 2.60. The van der Waals surface area contributed by atoms with Crippen molar-refractivity contribution in [2.24, 2.45) is 0 Å². The van der Waals surface area contributed by atoms with E-state index in [2.05, 4.69) is 9.47 Å². The summed E-state index contributed by atoms with van der Waals surface area (Å²) in [6, 6.07) is 1.71. The molecule has 0 unspecified atom stereocenters. The number of methoxy groups -OCH3 is 2. The fourth-order valence-corrected chi connectivity index (χ4v) is 0.493. The predicted octanol–water partition coefficient (Wildman–Crippen LogP) is -2.43. The molecule has 0 saturated heterocycles. The van der Waals surface area contributed by atoms with Gasteiger partial charge in [-0.15, -0.1) is 0 Å². The Morgan fingerprint density at radius 3 is 2.09 bits per heavy atom. The molecule has 0 aliphatic carbocycles. The second-order valence-electron chi connectivity index (χ2n) is 1.50. The van der Waals surface area contributed by atoms with Crippen molar-refractivity contribution >= 4 is 0 Å².